The maximum absolute atomic E-state index is 4.51. The van der Waals surface area contributed by atoms with Crippen LogP contribution in [0.5, 0.6) is 0 Å². The fraction of sp³-hybridized carbons (Fsp3) is 0.440. The molecule has 4 heteroatoms. The van der Waals surface area contributed by atoms with Crippen molar-refractivity contribution in [1.82, 2.24) is 14.8 Å². The largest absolute Gasteiger partial charge is 0.273 e. The van der Waals surface area contributed by atoms with Crippen molar-refractivity contribution in [2.75, 3.05) is 0 Å². The van der Waals surface area contributed by atoms with E-state index in [1.165, 1.54) is 45.0 Å². The van der Waals surface area contributed by atoms with Crippen LogP contribution in [0.15, 0.2) is 30.8 Å². The highest BCUT2D eigenvalue weighted by Gasteiger charge is 2.21. The van der Waals surface area contributed by atoms with Gasteiger partial charge in [-0.1, -0.05) is 57.5 Å². The SMILES string of the molecule is C=C(c1ccc(CCCC)cc1)c1c(-n2c(C)nnc2CCCC)sc(C)c1C. The van der Waals surface area contributed by atoms with Gasteiger partial charge in [0.15, 0.2) is 0 Å². The zero-order chi connectivity index (χ0) is 21.0. The molecule has 0 spiro atoms. The van der Waals surface area contributed by atoms with Crippen molar-refractivity contribution in [2.24, 2.45) is 0 Å². The summed E-state index contributed by atoms with van der Waals surface area (Å²) >= 11 is 1.82. The first kappa shape index (κ1) is 21.5. The topological polar surface area (TPSA) is 30.7 Å². The minimum absolute atomic E-state index is 0.946. The number of hydrogen-bond acceptors (Lipinski definition) is 3. The highest BCUT2D eigenvalue weighted by molar-refractivity contribution is 7.15. The Hall–Kier alpha value is -2.20. The average molecular weight is 408 g/mol. The average Bonchev–Trinajstić information content (AvgIpc) is 3.23. The van der Waals surface area contributed by atoms with Crippen LogP contribution in [0.1, 0.15) is 78.3 Å². The van der Waals surface area contributed by atoms with E-state index in [2.05, 4.69) is 73.3 Å². The van der Waals surface area contributed by atoms with Crippen LogP contribution in [-0.4, -0.2) is 14.8 Å². The Kier molecular flexibility index (Phi) is 7.07. The van der Waals surface area contributed by atoms with Crippen LogP contribution in [-0.2, 0) is 12.8 Å². The Bertz CT molecular complexity index is 976. The van der Waals surface area contributed by atoms with Crippen LogP contribution in [0.2, 0.25) is 0 Å². The van der Waals surface area contributed by atoms with E-state index in [4.69, 9.17) is 0 Å². The second-order valence-electron chi connectivity index (χ2n) is 7.84. The lowest BCUT2D eigenvalue weighted by Gasteiger charge is -2.13. The highest BCUT2D eigenvalue weighted by Crippen LogP contribution is 2.38. The minimum Gasteiger partial charge on any atom is -0.273 e. The first-order chi connectivity index (χ1) is 14.0. The molecule has 0 radical (unpaired) electrons. The summed E-state index contributed by atoms with van der Waals surface area (Å²) in [6.45, 7) is 15.4. The van der Waals surface area contributed by atoms with E-state index in [9.17, 15) is 0 Å². The van der Waals surface area contributed by atoms with Crippen molar-refractivity contribution in [1.29, 1.82) is 0 Å². The van der Waals surface area contributed by atoms with Gasteiger partial charge in [0.25, 0.3) is 0 Å². The normalized spacial score (nSPS) is 11.2. The number of rotatable bonds is 9. The number of aryl methyl sites for hydroxylation is 4. The number of hydrogen-bond donors (Lipinski definition) is 0. The highest BCUT2D eigenvalue weighted by atomic mass is 32.1. The van der Waals surface area contributed by atoms with Crippen LogP contribution in [0.4, 0.5) is 0 Å². The molecule has 0 amide bonds. The standard InChI is InChI=1S/C25H33N3S/c1-7-9-11-21-13-15-22(16-14-21)18(4)24-17(3)19(5)29-25(24)28-20(6)26-27-23(28)12-10-8-2/h13-16H,4,7-12H2,1-3,5-6H3. The van der Waals surface area contributed by atoms with Crippen molar-refractivity contribution in [3.05, 3.63) is 69.6 Å². The van der Waals surface area contributed by atoms with Crippen molar-refractivity contribution in [3.8, 4) is 5.00 Å². The molecule has 29 heavy (non-hydrogen) atoms. The van der Waals surface area contributed by atoms with Crippen LogP contribution < -0.4 is 0 Å². The molecule has 0 aliphatic heterocycles. The third-order valence-corrected chi connectivity index (χ3v) is 6.83. The fourth-order valence-corrected chi connectivity index (χ4v) is 4.94. The molecule has 1 aromatic carbocycles. The van der Waals surface area contributed by atoms with E-state index < -0.39 is 0 Å². The van der Waals surface area contributed by atoms with Gasteiger partial charge in [0, 0.05) is 16.9 Å². The molecule has 3 rings (SSSR count). The summed E-state index contributed by atoms with van der Waals surface area (Å²) in [6.07, 6.45) is 6.83. The zero-order valence-electron chi connectivity index (χ0n) is 18.5. The van der Waals surface area contributed by atoms with E-state index in [-0.39, 0.29) is 0 Å². The molecule has 0 aliphatic rings. The summed E-state index contributed by atoms with van der Waals surface area (Å²) in [5.41, 5.74) is 6.21. The Labute approximate surface area is 179 Å². The molecule has 3 aromatic rings. The van der Waals surface area contributed by atoms with Gasteiger partial charge in [-0.05, 0) is 62.3 Å². The van der Waals surface area contributed by atoms with E-state index in [0.717, 1.165) is 42.9 Å². The minimum atomic E-state index is 0.946. The molecule has 154 valence electrons. The van der Waals surface area contributed by atoms with Crippen LogP contribution in [0, 0.1) is 20.8 Å². The summed E-state index contributed by atoms with van der Waals surface area (Å²) < 4.78 is 2.25. The first-order valence-electron chi connectivity index (χ1n) is 10.8. The molecule has 0 saturated carbocycles. The van der Waals surface area contributed by atoms with Crippen molar-refractivity contribution in [3.63, 3.8) is 0 Å². The molecule has 0 fully saturated rings. The van der Waals surface area contributed by atoms with Crippen molar-refractivity contribution in [2.45, 2.75) is 73.1 Å². The number of nitrogens with zero attached hydrogens (tertiary/aromatic N) is 3. The quantitative estimate of drug-likeness (QED) is 0.382. The molecule has 0 N–H and O–H groups in total. The Morgan fingerprint density at radius 3 is 2.28 bits per heavy atom. The summed E-state index contributed by atoms with van der Waals surface area (Å²) in [7, 11) is 0. The summed E-state index contributed by atoms with van der Waals surface area (Å²) in [6, 6.07) is 8.95. The zero-order valence-corrected chi connectivity index (χ0v) is 19.3. The molecule has 0 unspecified atom stereocenters. The van der Waals surface area contributed by atoms with Gasteiger partial charge in [-0.15, -0.1) is 21.5 Å². The van der Waals surface area contributed by atoms with Crippen molar-refractivity contribution < 1.29 is 0 Å². The molecule has 2 heterocycles. The van der Waals surface area contributed by atoms with E-state index in [1.54, 1.807) is 0 Å². The van der Waals surface area contributed by atoms with Gasteiger partial charge >= 0.3 is 0 Å². The van der Waals surface area contributed by atoms with Crippen molar-refractivity contribution >= 4 is 16.9 Å². The van der Waals surface area contributed by atoms with Gasteiger partial charge in [-0.25, -0.2) is 0 Å². The Morgan fingerprint density at radius 2 is 1.62 bits per heavy atom. The lowest BCUT2D eigenvalue weighted by atomic mass is 9.96. The van der Waals surface area contributed by atoms with E-state index in [0.29, 0.717) is 0 Å². The van der Waals surface area contributed by atoms with Gasteiger partial charge in [-0.2, -0.15) is 0 Å². The van der Waals surface area contributed by atoms with Gasteiger partial charge < -0.3 is 0 Å². The summed E-state index contributed by atoms with van der Waals surface area (Å²) in [5.74, 6) is 2.00. The number of unbranched alkanes of at least 4 members (excludes halogenated alkanes) is 2. The number of thiophene rings is 1. The predicted molar refractivity (Wildman–Crippen MR) is 125 cm³/mol. The third-order valence-electron chi connectivity index (χ3n) is 5.64. The first-order valence-corrected chi connectivity index (χ1v) is 11.6. The molecule has 0 saturated heterocycles. The molecule has 0 bridgehead atoms. The lowest BCUT2D eigenvalue weighted by Crippen LogP contribution is -2.04. The van der Waals surface area contributed by atoms with Crippen LogP contribution in [0.25, 0.3) is 10.6 Å². The second kappa shape index (κ2) is 9.53. The third kappa shape index (κ3) is 4.53. The molecular weight excluding hydrogens is 374 g/mol. The fourth-order valence-electron chi connectivity index (χ4n) is 3.69. The monoisotopic (exact) mass is 407 g/mol. The van der Waals surface area contributed by atoms with Gasteiger partial charge in [0.1, 0.15) is 16.6 Å². The second-order valence-corrected chi connectivity index (χ2v) is 9.05. The van der Waals surface area contributed by atoms with Gasteiger partial charge in [0.05, 0.1) is 0 Å². The molecule has 3 nitrogen and oxygen atoms in total. The molecule has 2 aromatic heterocycles. The maximum atomic E-state index is 4.51. The van der Waals surface area contributed by atoms with Gasteiger partial charge in [0.2, 0.25) is 0 Å². The maximum Gasteiger partial charge on any atom is 0.138 e. The van der Waals surface area contributed by atoms with Crippen LogP contribution in [0.3, 0.4) is 0 Å². The predicted octanol–water partition coefficient (Wildman–Crippen LogP) is 7.00. The molecule has 0 aliphatic carbocycles. The van der Waals surface area contributed by atoms with Crippen LogP contribution >= 0.6 is 11.3 Å². The number of benzene rings is 1. The molecular formula is C25H33N3S. The van der Waals surface area contributed by atoms with Gasteiger partial charge in [-0.3, -0.25) is 4.57 Å². The smallest absolute Gasteiger partial charge is 0.138 e. The summed E-state index contributed by atoms with van der Waals surface area (Å²) in [4.78, 5) is 1.32. The Balaban J connectivity index is 2.01. The Morgan fingerprint density at radius 1 is 0.966 bits per heavy atom. The van der Waals surface area contributed by atoms with E-state index in [1.807, 2.05) is 18.3 Å². The molecule has 0 atom stereocenters. The summed E-state index contributed by atoms with van der Waals surface area (Å²) in [5, 5.41) is 10.1. The lowest BCUT2D eigenvalue weighted by molar-refractivity contribution is 0.735. The number of aromatic nitrogens is 3. The van der Waals surface area contributed by atoms with E-state index >= 15 is 0 Å².